The largest absolute Gasteiger partial charge is 0.311 e. The van der Waals surface area contributed by atoms with Crippen LogP contribution in [0, 0.1) is 23.7 Å². The van der Waals surface area contributed by atoms with Crippen molar-refractivity contribution in [1.29, 1.82) is 0 Å². The van der Waals surface area contributed by atoms with Crippen LogP contribution in [0.5, 0.6) is 0 Å². The van der Waals surface area contributed by atoms with Crippen LogP contribution in [0.3, 0.4) is 0 Å². The van der Waals surface area contributed by atoms with E-state index in [0.717, 1.165) is 35.8 Å². The molecule has 2 fully saturated rings. The fourth-order valence-corrected chi connectivity index (χ4v) is 4.10. The minimum Gasteiger partial charge on any atom is -0.311 e. The summed E-state index contributed by atoms with van der Waals surface area (Å²) < 4.78 is 0. The fourth-order valence-electron chi connectivity index (χ4n) is 4.10. The van der Waals surface area contributed by atoms with Gasteiger partial charge in [-0.05, 0) is 42.9 Å². The summed E-state index contributed by atoms with van der Waals surface area (Å²) in [6.45, 7) is 9.71. The summed E-state index contributed by atoms with van der Waals surface area (Å²) in [5.74, 6) is 3.63. The van der Waals surface area contributed by atoms with Crippen LogP contribution >= 0.6 is 0 Å². The monoisotopic (exact) mass is 251 g/mol. The van der Waals surface area contributed by atoms with Gasteiger partial charge in [-0.15, -0.1) is 0 Å². The van der Waals surface area contributed by atoms with Crippen LogP contribution < -0.4 is 5.32 Å². The minimum absolute atomic E-state index is 0.796. The SMILES string of the molecule is CC(C)C1CCCC(NC2CCCC(C)C2C)C1. The van der Waals surface area contributed by atoms with Crippen LogP contribution in [-0.4, -0.2) is 12.1 Å². The maximum absolute atomic E-state index is 4.02. The number of nitrogens with one attached hydrogen (secondary N) is 1. The van der Waals surface area contributed by atoms with Crippen molar-refractivity contribution in [3.05, 3.63) is 0 Å². The van der Waals surface area contributed by atoms with E-state index >= 15 is 0 Å². The molecule has 0 amide bonds. The van der Waals surface area contributed by atoms with E-state index in [1.165, 1.54) is 44.9 Å². The van der Waals surface area contributed by atoms with E-state index < -0.39 is 0 Å². The molecule has 0 radical (unpaired) electrons. The molecule has 0 saturated heterocycles. The van der Waals surface area contributed by atoms with Crippen molar-refractivity contribution < 1.29 is 0 Å². The quantitative estimate of drug-likeness (QED) is 0.772. The number of rotatable bonds is 3. The predicted molar refractivity (Wildman–Crippen MR) is 79.7 cm³/mol. The molecule has 1 nitrogen and oxygen atoms in total. The zero-order chi connectivity index (χ0) is 13.1. The molecule has 1 N–H and O–H groups in total. The van der Waals surface area contributed by atoms with Crippen molar-refractivity contribution >= 4 is 0 Å². The van der Waals surface area contributed by atoms with Gasteiger partial charge < -0.3 is 5.32 Å². The van der Waals surface area contributed by atoms with Gasteiger partial charge in [0.15, 0.2) is 0 Å². The standard InChI is InChI=1S/C17H33N/c1-12(2)15-8-6-9-16(11-15)18-17-10-5-7-13(3)14(17)4/h12-18H,5-11H2,1-4H3. The molecule has 0 aliphatic heterocycles. The minimum atomic E-state index is 0.796. The van der Waals surface area contributed by atoms with E-state index in [-0.39, 0.29) is 0 Å². The average Bonchev–Trinajstić information content (AvgIpc) is 2.35. The van der Waals surface area contributed by atoms with Crippen molar-refractivity contribution in [3.63, 3.8) is 0 Å². The van der Waals surface area contributed by atoms with Crippen LogP contribution in [0.15, 0.2) is 0 Å². The van der Waals surface area contributed by atoms with Crippen molar-refractivity contribution in [2.24, 2.45) is 23.7 Å². The third-order valence-corrected chi connectivity index (χ3v) is 5.81. The lowest BCUT2D eigenvalue weighted by Gasteiger charge is -2.40. The van der Waals surface area contributed by atoms with Crippen molar-refractivity contribution in [3.8, 4) is 0 Å². The van der Waals surface area contributed by atoms with Crippen molar-refractivity contribution in [2.45, 2.75) is 84.7 Å². The molecule has 1 heteroatoms. The molecule has 0 aromatic heterocycles. The van der Waals surface area contributed by atoms with E-state index in [1.54, 1.807) is 0 Å². The third kappa shape index (κ3) is 3.50. The highest BCUT2D eigenvalue weighted by atomic mass is 15.0. The van der Waals surface area contributed by atoms with Gasteiger partial charge in [0.2, 0.25) is 0 Å². The Balaban J connectivity index is 1.84. The van der Waals surface area contributed by atoms with Crippen LogP contribution in [0.4, 0.5) is 0 Å². The van der Waals surface area contributed by atoms with E-state index in [0.29, 0.717) is 0 Å². The fraction of sp³-hybridized carbons (Fsp3) is 1.00. The van der Waals surface area contributed by atoms with Crippen molar-refractivity contribution in [1.82, 2.24) is 5.32 Å². The second-order valence-electron chi connectivity index (χ2n) is 7.41. The van der Waals surface area contributed by atoms with Gasteiger partial charge in [0, 0.05) is 12.1 Å². The maximum Gasteiger partial charge on any atom is 0.00978 e. The summed E-state index contributed by atoms with van der Waals surface area (Å²) in [6, 6.07) is 1.61. The highest BCUT2D eigenvalue weighted by Gasteiger charge is 2.31. The summed E-state index contributed by atoms with van der Waals surface area (Å²) in [7, 11) is 0. The Morgan fingerprint density at radius 3 is 2.39 bits per heavy atom. The normalized spacial score (nSPS) is 42.2. The van der Waals surface area contributed by atoms with Gasteiger partial charge in [0.1, 0.15) is 0 Å². The molecule has 0 aromatic rings. The Morgan fingerprint density at radius 2 is 1.67 bits per heavy atom. The molecule has 0 heterocycles. The first-order valence-corrected chi connectivity index (χ1v) is 8.34. The molecule has 5 atom stereocenters. The average molecular weight is 251 g/mol. The summed E-state index contributed by atoms with van der Waals surface area (Å²) in [6.07, 6.45) is 10.0. The first-order valence-electron chi connectivity index (χ1n) is 8.34. The van der Waals surface area contributed by atoms with Crippen LogP contribution in [0.2, 0.25) is 0 Å². The molecule has 0 bridgehead atoms. The Labute approximate surface area is 114 Å². The predicted octanol–water partition coefficient (Wildman–Crippen LogP) is 4.62. The smallest absolute Gasteiger partial charge is 0.00978 e. The Bertz CT molecular complexity index is 248. The molecule has 5 unspecified atom stereocenters. The lowest BCUT2D eigenvalue weighted by molar-refractivity contribution is 0.159. The van der Waals surface area contributed by atoms with Crippen LogP contribution in [0.25, 0.3) is 0 Å². The Kier molecular flexibility index (Phi) is 5.12. The van der Waals surface area contributed by atoms with Gasteiger partial charge in [-0.2, -0.15) is 0 Å². The summed E-state index contributed by atoms with van der Waals surface area (Å²) in [5, 5.41) is 4.02. The summed E-state index contributed by atoms with van der Waals surface area (Å²) in [5.41, 5.74) is 0. The molecule has 0 spiro atoms. The Morgan fingerprint density at radius 1 is 0.944 bits per heavy atom. The summed E-state index contributed by atoms with van der Waals surface area (Å²) >= 11 is 0. The topological polar surface area (TPSA) is 12.0 Å². The molecule has 2 rings (SSSR count). The molecule has 106 valence electrons. The second-order valence-corrected chi connectivity index (χ2v) is 7.41. The highest BCUT2D eigenvalue weighted by Crippen LogP contribution is 2.33. The lowest BCUT2D eigenvalue weighted by Crippen LogP contribution is -2.47. The van der Waals surface area contributed by atoms with Crippen molar-refractivity contribution in [2.75, 3.05) is 0 Å². The molecule has 2 aliphatic rings. The second kappa shape index (κ2) is 6.41. The molecular weight excluding hydrogens is 218 g/mol. The lowest BCUT2D eigenvalue weighted by atomic mass is 9.75. The Hall–Kier alpha value is -0.0400. The summed E-state index contributed by atoms with van der Waals surface area (Å²) in [4.78, 5) is 0. The maximum atomic E-state index is 4.02. The molecular formula is C17H33N. The molecule has 0 aromatic carbocycles. The molecule has 2 aliphatic carbocycles. The van der Waals surface area contributed by atoms with Gasteiger partial charge >= 0.3 is 0 Å². The highest BCUT2D eigenvalue weighted by molar-refractivity contribution is 4.87. The van der Waals surface area contributed by atoms with Crippen LogP contribution in [-0.2, 0) is 0 Å². The van der Waals surface area contributed by atoms with E-state index in [1.807, 2.05) is 0 Å². The zero-order valence-corrected chi connectivity index (χ0v) is 12.9. The zero-order valence-electron chi connectivity index (χ0n) is 12.9. The van der Waals surface area contributed by atoms with Gasteiger partial charge in [0.25, 0.3) is 0 Å². The first kappa shape index (κ1) is 14.4. The number of hydrogen-bond acceptors (Lipinski definition) is 1. The van der Waals surface area contributed by atoms with E-state index in [9.17, 15) is 0 Å². The van der Waals surface area contributed by atoms with Crippen LogP contribution in [0.1, 0.15) is 72.6 Å². The van der Waals surface area contributed by atoms with Gasteiger partial charge in [-0.1, -0.05) is 53.4 Å². The van der Waals surface area contributed by atoms with E-state index in [2.05, 4.69) is 33.0 Å². The third-order valence-electron chi connectivity index (χ3n) is 5.81. The molecule has 2 saturated carbocycles. The first-order chi connectivity index (χ1) is 8.58. The number of hydrogen-bond donors (Lipinski definition) is 1. The van der Waals surface area contributed by atoms with Gasteiger partial charge in [-0.25, -0.2) is 0 Å². The van der Waals surface area contributed by atoms with Gasteiger partial charge in [0.05, 0.1) is 0 Å². The molecule has 18 heavy (non-hydrogen) atoms. The van der Waals surface area contributed by atoms with Gasteiger partial charge in [-0.3, -0.25) is 0 Å². The van der Waals surface area contributed by atoms with E-state index in [4.69, 9.17) is 0 Å².